The predicted molar refractivity (Wildman–Crippen MR) is 115 cm³/mol. The van der Waals surface area contributed by atoms with Gasteiger partial charge in [0, 0.05) is 0 Å². The number of nitrogens with one attached hydrogen (secondary N) is 2. The van der Waals surface area contributed by atoms with E-state index in [1.54, 1.807) is 36.5 Å². The molecule has 2 aromatic rings. The van der Waals surface area contributed by atoms with Crippen LogP contribution in [-0.2, 0) is 16.1 Å². The number of morpholine rings is 1. The van der Waals surface area contributed by atoms with E-state index in [9.17, 15) is 14.7 Å². The molecule has 0 saturated carbocycles. The lowest BCUT2D eigenvalue weighted by Crippen LogP contribution is -3.15. The summed E-state index contributed by atoms with van der Waals surface area (Å²) < 4.78 is 16.8. The molecule has 1 heterocycles. The minimum Gasteiger partial charge on any atom is -0.545 e. The Balaban J connectivity index is 1.56. The average molecular weight is 441 g/mol. The fraction of sp³-hybridized carbons (Fsp3) is 0.348. The van der Waals surface area contributed by atoms with Crippen LogP contribution in [0, 0.1) is 0 Å². The summed E-state index contributed by atoms with van der Waals surface area (Å²) >= 11 is 0. The third kappa shape index (κ3) is 7.07. The molecule has 0 aliphatic carbocycles. The maximum Gasteiger partial charge on any atom is 0.295 e. The van der Waals surface area contributed by atoms with Crippen LogP contribution in [0.25, 0.3) is 0 Å². The van der Waals surface area contributed by atoms with Gasteiger partial charge < -0.3 is 29.0 Å². The fourth-order valence-corrected chi connectivity index (χ4v) is 3.17. The minimum absolute atomic E-state index is 0.117. The van der Waals surface area contributed by atoms with Crippen molar-refractivity contribution in [3.05, 3.63) is 59.2 Å². The number of carboxylic acids is 1. The number of ether oxygens (including phenoxy) is 3. The van der Waals surface area contributed by atoms with E-state index in [2.05, 4.69) is 10.5 Å². The van der Waals surface area contributed by atoms with Crippen molar-refractivity contribution in [1.82, 2.24) is 5.43 Å². The zero-order valence-electron chi connectivity index (χ0n) is 18.0. The van der Waals surface area contributed by atoms with E-state index in [1.807, 2.05) is 6.92 Å². The van der Waals surface area contributed by atoms with Gasteiger partial charge in [0.05, 0.1) is 32.0 Å². The number of benzene rings is 2. The molecule has 0 spiro atoms. The molecule has 2 N–H and O–H groups in total. The first-order valence-corrected chi connectivity index (χ1v) is 10.5. The van der Waals surface area contributed by atoms with Crippen molar-refractivity contribution in [2.75, 3.05) is 39.5 Å². The normalized spacial score (nSPS) is 14.3. The highest BCUT2D eigenvalue weighted by atomic mass is 16.5. The molecule has 1 aliphatic rings. The van der Waals surface area contributed by atoms with Crippen LogP contribution in [0.3, 0.4) is 0 Å². The maximum atomic E-state index is 12.0. The van der Waals surface area contributed by atoms with Gasteiger partial charge in [-0.05, 0) is 41.8 Å². The maximum absolute atomic E-state index is 12.0. The van der Waals surface area contributed by atoms with Gasteiger partial charge >= 0.3 is 0 Å². The molecule has 1 amide bonds. The summed E-state index contributed by atoms with van der Waals surface area (Å²) in [5.74, 6) is -0.264. The molecule has 3 rings (SSSR count). The number of hydrogen-bond acceptors (Lipinski definition) is 7. The zero-order valence-corrected chi connectivity index (χ0v) is 18.0. The average Bonchev–Trinajstić information content (AvgIpc) is 2.79. The summed E-state index contributed by atoms with van der Waals surface area (Å²) in [5, 5.41) is 14.9. The van der Waals surface area contributed by atoms with Gasteiger partial charge in [-0.2, -0.15) is 5.10 Å². The second kappa shape index (κ2) is 11.8. The number of quaternary nitrogens is 1. The van der Waals surface area contributed by atoms with E-state index in [4.69, 9.17) is 14.2 Å². The van der Waals surface area contributed by atoms with E-state index in [-0.39, 0.29) is 18.1 Å². The van der Waals surface area contributed by atoms with E-state index in [0.29, 0.717) is 37.9 Å². The Morgan fingerprint density at radius 1 is 1.12 bits per heavy atom. The van der Waals surface area contributed by atoms with Gasteiger partial charge in [-0.1, -0.05) is 24.3 Å². The Hall–Kier alpha value is -3.43. The number of hydrazone groups is 1. The monoisotopic (exact) mass is 441 g/mol. The smallest absolute Gasteiger partial charge is 0.295 e. The Morgan fingerprint density at radius 2 is 1.88 bits per heavy atom. The molecule has 1 saturated heterocycles. The molecule has 0 aromatic heterocycles. The summed E-state index contributed by atoms with van der Waals surface area (Å²) in [6.45, 7) is 5.92. The van der Waals surface area contributed by atoms with E-state index >= 15 is 0 Å². The summed E-state index contributed by atoms with van der Waals surface area (Å²) in [7, 11) is 0. The van der Waals surface area contributed by atoms with Gasteiger partial charge in [0.25, 0.3) is 5.91 Å². The molecule has 2 aromatic carbocycles. The van der Waals surface area contributed by atoms with Crippen molar-refractivity contribution in [2.24, 2.45) is 5.10 Å². The Kier molecular flexibility index (Phi) is 8.59. The van der Waals surface area contributed by atoms with Crippen LogP contribution < -0.4 is 24.9 Å². The van der Waals surface area contributed by atoms with Crippen LogP contribution in [0.15, 0.2) is 47.6 Å². The van der Waals surface area contributed by atoms with Crippen LogP contribution in [0.5, 0.6) is 11.5 Å². The van der Waals surface area contributed by atoms with Crippen molar-refractivity contribution < 1.29 is 33.8 Å². The second-order valence-corrected chi connectivity index (χ2v) is 7.24. The lowest BCUT2D eigenvalue weighted by Gasteiger charge is -2.22. The van der Waals surface area contributed by atoms with E-state index in [1.165, 1.54) is 17.0 Å². The number of carbonyl (C=O) groups is 2. The number of nitrogens with zero attached hydrogens (tertiary/aromatic N) is 1. The summed E-state index contributed by atoms with van der Waals surface area (Å²) in [6, 6.07) is 11.7. The van der Waals surface area contributed by atoms with Gasteiger partial charge in [0.2, 0.25) is 0 Å². The molecular formula is C23H27N3O6. The molecular weight excluding hydrogens is 414 g/mol. The molecule has 0 bridgehead atoms. The number of rotatable bonds is 10. The molecule has 9 heteroatoms. The number of hydrogen-bond donors (Lipinski definition) is 2. The van der Waals surface area contributed by atoms with Crippen molar-refractivity contribution in [3.63, 3.8) is 0 Å². The topological polar surface area (TPSA) is 114 Å². The third-order valence-electron chi connectivity index (χ3n) is 4.86. The van der Waals surface area contributed by atoms with Gasteiger partial charge in [0.15, 0.2) is 18.0 Å². The number of carbonyl (C=O) groups excluding carboxylic acids is 2. The molecule has 32 heavy (non-hydrogen) atoms. The van der Waals surface area contributed by atoms with Crippen molar-refractivity contribution in [3.8, 4) is 11.5 Å². The molecule has 0 radical (unpaired) electrons. The highest BCUT2D eigenvalue weighted by Crippen LogP contribution is 2.29. The first-order chi connectivity index (χ1) is 15.5. The Labute approximate surface area is 186 Å². The van der Waals surface area contributed by atoms with Gasteiger partial charge in [-0.25, -0.2) is 5.43 Å². The van der Waals surface area contributed by atoms with Crippen molar-refractivity contribution in [2.45, 2.75) is 13.5 Å². The first kappa shape index (κ1) is 23.2. The molecule has 170 valence electrons. The molecule has 0 atom stereocenters. The van der Waals surface area contributed by atoms with E-state index < -0.39 is 5.97 Å². The molecule has 1 aliphatic heterocycles. The number of aromatic carboxylic acids is 1. The predicted octanol–water partition coefficient (Wildman–Crippen LogP) is -0.607. The molecule has 0 unspecified atom stereocenters. The quantitative estimate of drug-likeness (QED) is 0.376. The van der Waals surface area contributed by atoms with Crippen LogP contribution in [0.4, 0.5) is 0 Å². The lowest BCUT2D eigenvalue weighted by molar-refractivity contribution is -0.900. The summed E-state index contributed by atoms with van der Waals surface area (Å²) in [4.78, 5) is 24.1. The van der Waals surface area contributed by atoms with Crippen LogP contribution >= 0.6 is 0 Å². The van der Waals surface area contributed by atoms with Crippen LogP contribution in [0.2, 0.25) is 0 Å². The summed E-state index contributed by atoms with van der Waals surface area (Å²) in [6.07, 6.45) is 1.55. The van der Waals surface area contributed by atoms with Gasteiger partial charge in [-0.3, -0.25) is 4.79 Å². The Morgan fingerprint density at radius 3 is 2.56 bits per heavy atom. The number of amides is 1. The molecule has 9 nitrogen and oxygen atoms in total. The van der Waals surface area contributed by atoms with Crippen molar-refractivity contribution in [1.29, 1.82) is 0 Å². The summed E-state index contributed by atoms with van der Waals surface area (Å²) in [5.41, 5.74) is 4.23. The second-order valence-electron chi connectivity index (χ2n) is 7.24. The highest BCUT2D eigenvalue weighted by molar-refractivity contribution is 5.85. The fourth-order valence-electron chi connectivity index (χ4n) is 3.17. The van der Waals surface area contributed by atoms with Gasteiger partial charge in [-0.15, -0.1) is 0 Å². The van der Waals surface area contributed by atoms with Crippen molar-refractivity contribution >= 4 is 18.1 Å². The van der Waals surface area contributed by atoms with Crippen LogP contribution in [-0.4, -0.2) is 57.5 Å². The highest BCUT2D eigenvalue weighted by Gasteiger charge is 2.17. The number of carboxylic acid groups (broad SMARTS) is 1. The standard InChI is InChI=1S/C23H27N3O6/c1-2-31-21-13-18(14-24-25-22(27)15-26-9-11-30-12-10-26)5-8-20(21)32-16-17-3-6-19(7-4-17)23(28)29/h3-8,13-14H,2,9-12,15-16H2,1H3,(H,25,27)(H,28,29)/b24-14-. The van der Waals surface area contributed by atoms with Crippen LogP contribution in [0.1, 0.15) is 28.4 Å². The molecule has 1 fully saturated rings. The minimum atomic E-state index is -1.22. The van der Waals surface area contributed by atoms with Gasteiger partial charge in [0.1, 0.15) is 19.7 Å². The third-order valence-corrected chi connectivity index (χ3v) is 4.86. The lowest BCUT2D eigenvalue weighted by atomic mass is 10.1. The Bertz CT molecular complexity index is 939. The first-order valence-electron chi connectivity index (χ1n) is 10.5. The van der Waals surface area contributed by atoms with E-state index in [0.717, 1.165) is 24.2 Å². The largest absolute Gasteiger partial charge is 0.545 e. The zero-order chi connectivity index (χ0) is 22.8. The SMILES string of the molecule is CCOc1cc(/C=N\NC(=O)C[NH+]2CCOCC2)ccc1OCc1ccc(C(=O)[O-])cc1.